The van der Waals surface area contributed by atoms with Gasteiger partial charge in [-0.05, 0) is 24.7 Å². The highest BCUT2D eigenvalue weighted by atomic mass is 16.1. The van der Waals surface area contributed by atoms with Crippen LogP contribution in [0, 0.1) is 11.8 Å². The van der Waals surface area contributed by atoms with Crippen molar-refractivity contribution in [2.75, 3.05) is 0 Å². The number of nitrogens with two attached hydrogens (primary N) is 1. The molecule has 2 fully saturated rings. The fraction of sp³-hybridized carbons (Fsp3) is 0.900. The van der Waals surface area contributed by atoms with Gasteiger partial charge in [-0.2, -0.15) is 0 Å². The number of carbonyl (C=O) groups is 1. The first-order chi connectivity index (χ1) is 5.79. The number of fused-ring (bicyclic) bond motifs is 1. The van der Waals surface area contributed by atoms with Gasteiger partial charge in [0.25, 0.3) is 0 Å². The molecular weight excluding hydrogens is 150 g/mol. The highest BCUT2D eigenvalue weighted by Crippen LogP contribution is 2.38. The molecule has 0 radical (unpaired) electrons. The topological polar surface area (TPSA) is 43.1 Å². The molecule has 0 aromatic heterocycles. The lowest BCUT2D eigenvalue weighted by molar-refractivity contribution is -0.125. The number of carbonyl (C=O) groups excluding carboxylic acids is 1. The smallest absolute Gasteiger partial charge is 0.149 e. The molecule has 0 aromatic carbocycles. The van der Waals surface area contributed by atoms with E-state index in [0.29, 0.717) is 11.7 Å². The van der Waals surface area contributed by atoms with Crippen molar-refractivity contribution >= 4 is 5.78 Å². The molecule has 0 bridgehead atoms. The molecule has 2 aliphatic rings. The predicted octanol–water partition coefficient (Wildman–Crippen LogP) is 1.48. The first-order valence-electron chi connectivity index (χ1n) is 5.07. The van der Waals surface area contributed by atoms with Crippen LogP contribution in [-0.2, 0) is 4.79 Å². The fourth-order valence-electron chi connectivity index (χ4n) is 2.80. The van der Waals surface area contributed by atoms with Gasteiger partial charge in [0.05, 0.1) is 6.04 Å². The first-order valence-corrected chi connectivity index (χ1v) is 5.07. The van der Waals surface area contributed by atoms with Crippen LogP contribution < -0.4 is 5.73 Å². The van der Waals surface area contributed by atoms with Crippen molar-refractivity contribution in [2.24, 2.45) is 17.6 Å². The summed E-state index contributed by atoms with van der Waals surface area (Å²) in [6.45, 7) is 0. The van der Waals surface area contributed by atoms with Crippen LogP contribution in [0.25, 0.3) is 0 Å². The lowest BCUT2D eigenvalue weighted by Crippen LogP contribution is -2.46. The van der Waals surface area contributed by atoms with E-state index in [1.807, 2.05) is 0 Å². The summed E-state index contributed by atoms with van der Waals surface area (Å²) in [6, 6.07) is -0.121. The first kappa shape index (κ1) is 8.24. The Kier molecular flexibility index (Phi) is 2.18. The number of ketones is 1. The highest BCUT2D eigenvalue weighted by molar-refractivity contribution is 5.84. The molecule has 0 spiro atoms. The molecule has 0 aromatic rings. The Morgan fingerprint density at radius 3 is 2.75 bits per heavy atom. The van der Waals surface area contributed by atoms with Crippen molar-refractivity contribution < 1.29 is 4.79 Å². The molecule has 2 aliphatic carbocycles. The van der Waals surface area contributed by atoms with Gasteiger partial charge in [0.2, 0.25) is 0 Å². The Bertz CT molecular complexity index is 190. The normalized spacial score (nSPS) is 42.4. The average Bonchev–Trinajstić information content (AvgIpc) is 2.12. The number of rotatable bonds is 0. The van der Waals surface area contributed by atoms with Crippen molar-refractivity contribution in [1.29, 1.82) is 0 Å². The molecule has 2 heteroatoms. The van der Waals surface area contributed by atoms with Gasteiger partial charge in [0.15, 0.2) is 0 Å². The quantitative estimate of drug-likeness (QED) is 0.594. The van der Waals surface area contributed by atoms with Crippen molar-refractivity contribution in [3.8, 4) is 0 Å². The molecule has 2 saturated carbocycles. The second kappa shape index (κ2) is 3.17. The van der Waals surface area contributed by atoms with Crippen LogP contribution in [-0.4, -0.2) is 11.8 Å². The average molecular weight is 167 g/mol. The van der Waals surface area contributed by atoms with Gasteiger partial charge in [0.1, 0.15) is 5.78 Å². The standard InChI is InChI=1S/C10H17NO/c11-10-8-4-2-1-3-7(8)5-6-9(10)12/h7-8,10H,1-6,11H2. The Morgan fingerprint density at radius 1 is 1.17 bits per heavy atom. The second-order valence-corrected chi connectivity index (χ2v) is 4.24. The Labute approximate surface area is 73.5 Å². The molecule has 0 aliphatic heterocycles. The van der Waals surface area contributed by atoms with Crippen LogP contribution in [0.1, 0.15) is 38.5 Å². The molecule has 2 nitrogen and oxygen atoms in total. The second-order valence-electron chi connectivity index (χ2n) is 4.24. The van der Waals surface area contributed by atoms with Crippen LogP contribution in [0.15, 0.2) is 0 Å². The molecule has 68 valence electrons. The molecule has 2 N–H and O–H groups in total. The van der Waals surface area contributed by atoms with Crippen molar-refractivity contribution in [1.82, 2.24) is 0 Å². The maximum atomic E-state index is 11.3. The van der Waals surface area contributed by atoms with E-state index in [4.69, 9.17) is 5.73 Å². The highest BCUT2D eigenvalue weighted by Gasteiger charge is 2.37. The van der Waals surface area contributed by atoms with Crippen molar-refractivity contribution in [3.63, 3.8) is 0 Å². The number of Topliss-reactive ketones (excluding diaryl/α,β-unsaturated/α-hetero) is 1. The third kappa shape index (κ3) is 1.28. The molecular formula is C10H17NO. The summed E-state index contributed by atoms with van der Waals surface area (Å²) in [5.41, 5.74) is 5.88. The van der Waals surface area contributed by atoms with Crippen LogP contribution in [0.5, 0.6) is 0 Å². The van der Waals surface area contributed by atoms with Crippen molar-refractivity contribution in [2.45, 2.75) is 44.6 Å². The van der Waals surface area contributed by atoms with Crippen LogP contribution >= 0.6 is 0 Å². The minimum absolute atomic E-state index is 0.121. The zero-order chi connectivity index (χ0) is 8.55. The summed E-state index contributed by atoms with van der Waals surface area (Å²) in [6.07, 6.45) is 6.98. The van der Waals surface area contributed by atoms with Crippen LogP contribution in [0.3, 0.4) is 0 Å². The van der Waals surface area contributed by atoms with Gasteiger partial charge < -0.3 is 5.73 Å². The molecule has 0 saturated heterocycles. The van der Waals surface area contributed by atoms with E-state index in [9.17, 15) is 4.79 Å². The fourth-order valence-corrected chi connectivity index (χ4v) is 2.80. The van der Waals surface area contributed by atoms with Gasteiger partial charge in [-0.1, -0.05) is 19.3 Å². The number of hydrogen-bond acceptors (Lipinski definition) is 2. The largest absolute Gasteiger partial charge is 0.321 e. The Balaban J connectivity index is 2.08. The zero-order valence-electron chi connectivity index (χ0n) is 7.46. The van der Waals surface area contributed by atoms with E-state index < -0.39 is 0 Å². The Morgan fingerprint density at radius 2 is 1.92 bits per heavy atom. The van der Waals surface area contributed by atoms with E-state index in [2.05, 4.69) is 0 Å². The molecule has 0 heterocycles. The maximum Gasteiger partial charge on any atom is 0.149 e. The molecule has 12 heavy (non-hydrogen) atoms. The molecule has 3 atom stereocenters. The SMILES string of the molecule is NC1C(=O)CCC2CCCCC21. The summed E-state index contributed by atoms with van der Waals surface area (Å²) in [7, 11) is 0. The summed E-state index contributed by atoms with van der Waals surface area (Å²) >= 11 is 0. The Hall–Kier alpha value is -0.370. The monoisotopic (exact) mass is 167 g/mol. The van der Waals surface area contributed by atoms with E-state index in [0.717, 1.165) is 18.8 Å². The van der Waals surface area contributed by atoms with Gasteiger partial charge >= 0.3 is 0 Å². The third-order valence-corrected chi connectivity index (χ3v) is 3.56. The maximum absolute atomic E-state index is 11.3. The van der Waals surface area contributed by atoms with Crippen molar-refractivity contribution in [3.05, 3.63) is 0 Å². The third-order valence-electron chi connectivity index (χ3n) is 3.56. The molecule has 2 rings (SSSR count). The predicted molar refractivity (Wildman–Crippen MR) is 47.7 cm³/mol. The molecule has 0 amide bonds. The van der Waals surface area contributed by atoms with Crippen LogP contribution in [0.2, 0.25) is 0 Å². The van der Waals surface area contributed by atoms with E-state index in [1.54, 1.807) is 0 Å². The van der Waals surface area contributed by atoms with Gasteiger partial charge in [-0.25, -0.2) is 0 Å². The van der Waals surface area contributed by atoms with E-state index in [-0.39, 0.29) is 6.04 Å². The minimum atomic E-state index is -0.121. The molecule has 3 unspecified atom stereocenters. The van der Waals surface area contributed by atoms with Gasteiger partial charge in [0, 0.05) is 6.42 Å². The van der Waals surface area contributed by atoms with E-state index in [1.165, 1.54) is 25.7 Å². The summed E-state index contributed by atoms with van der Waals surface area (Å²) in [5.74, 6) is 1.60. The van der Waals surface area contributed by atoms with Gasteiger partial charge in [-0.3, -0.25) is 4.79 Å². The summed E-state index contributed by atoms with van der Waals surface area (Å²) in [4.78, 5) is 11.3. The minimum Gasteiger partial charge on any atom is -0.321 e. The lowest BCUT2D eigenvalue weighted by atomic mass is 9.68. The van der Waals surface area contributed by atoms with E-state index >= 15 is 0 Å². The summed E-state index contributed by atoms with van der Waals surface area (Å²) < 4.78 is 0. The number of hydrogen-bond donors (Lipinski definition) is 1. The lowest BCUT2D eigenvalue weighted by Gasteiger charge is -2.38. The summed E-state index contributed by atoms with van der Waals surface area (Å²) in [5, 5.41) is 0. The zero-order valence-corrected chi connectivity index (χ0v) is 7.46. The van der Waals surface area contributed by atoms with Crippen LogP contribution in [0.4, 0.5) is 0 Å². The van der Waals surface area contributed by atoms with Gasteiger partial charge in [-0.15, -0.1) is 0 Å².